The molecule has 2 nitrogen and oxygen atoms in total. The lowest BCUT2D eigenvalue weighted by Gasteiger charge is -2.08. The van der Waals surface area contributed by atoms with E-state index in [2.05, 4.69) is 20.9 Å². The minimum absolute atomic E-state index is 0.134. The summed E-state index contributed by atoms with van der Waals surface area (Å²) in [5.74, 6) is -0.495. The van der Waals surface area contributed by atoms with Gasteiger partial charge in [0.1, 0.15) is 0 Å². The van der Waals surface area contributed by atoms with Gasteiger partial charge in [0.15, 0.2) is 11.2 Å². The molecular weight excluding hydrogens is 273 g/mol. The fourth-order valence-corrected chi connectivity index (χ4v) is 2.31. The minimum atomic E-state index is -0.495. The number of hydrogen-bond acceptors (Lipinski definition) is 1. The number of H-pyrrole nitrogens is 1. The van der Waals surface area contributed by atoms with Crippen molar-refractivity contribution < 1.29 is 4.39 Å². The van der Waals surface area contributed by atoms with Crippen molar-refractivity contribution in [3.8, 4) is 0 Å². The molecule has 0 saturated heterocycles. The summed E-state index contributed by atoms with van der Waals surface area (Å²) in [5, 5.41) is 0.134. The predicted octanol–water partition coefficient (Wildman–Crippen LogP) is 3.35. The average molecular weight is 284 g/mol. The van der Waals surface area contributed by atoms with Crippen molar-refractivity contribution in [3.63, 3.8) is 0 Å². The largest absolute Gasteiger partial charge is 0.358 e. The number of rotatable bonds is 0. The topological polar surface area (TPSA) is 32.9 Å². The molecule has 4 heteroatoms. The number of halogens is 2. The Morgan fingerprint density at radius 1 is 1.31 bits per heavy atom. The second kappa shape index (κ2) is 3.70. The predicted molar refractivity (Wildman–Crippen MR) is 66.4 cm³/mol. The highest BCUT2D eigenvalue weighted by molar-refractivity contribution is 9.10. The number of benzene rings is 1. The van der Waals surface area contributed by atoms with Gasteiger partial charge >= 0.3 is 0 Å². The first kappa shape index (κ1) is 11.3. The molecule has 0 fully saturated rings. The molecule has 0 spiro atoms. The SMILES string of the molecule is Cc1[nH]c2c(C)cc(Br)c(F)c2c(=O)c1C. The first-order chi connectivity index (χ1) is 7.43. The first-order valence-electron chi connectivity index (χ1n) is 4.91. The van der Waals surface area contributed by atoms with Crippen LogP contribution < -0.4 is 5.43 Å². The zero-order valence-corrected chi connectivity index (χ0v) is 10.8. The molecule has 0 aliphatic rings. The van der Waals surface area contributed by atoms with Gasteiger partial charge in [0.2, 0.25) is 0 Å². The quantitative estimate of drug-likeness (QED) is 0.790. The Kier molecular flexibility index (Phi) is 2.62. The smallest absolute Gasteiger partial charge is 0.195 e. The Morgan fingerprint density at radius 3 is 2.56 bits per heavy atom. The molecule has 1 N–H and O–H groups in total. The molecule has 0 atom stereocenters. The highest BCUT2D eigenvalue weighted by Gasteiger charge is 2.14. The van der Waals surface area contributed by atoms with Gasteiger partial charge in [-0.3, -0.25) is 4.79 Å². The van der Waals surface area contributed by atoms with Crippen molar-refractivity contribution in [1.82, 2.24) is 4.98 Å². The molecule has 0 aliphatic heterocycles. The number of aromatic amines is 1. The van der Waals surface area contributed by atoms with Crippen LogP contribution in [0.15, 0.2) is 15.3 Å². The van der Waals surface area contributed by atoms with Crippen molar-refractivity contribution in [2.45, 2.75) is 20.8 Å². The van der Waals surface area contributed by atoms with Crippen molar-refractivity contribution in [2.75, 3.05) is 0 Å². The van der Waals surface area contributed by atoms with E-state index in [9.17, 15) is 9.18 Å². The van der Waals surface area contributed by atoms with Gasteiger partial charge in [0.05, 0.1) is 15.4 Å². The molecule has 2 rings (SSSR count). The number of fused-ring (bicyclic) bond motifs is 1. The zero-order chi connectivity index (χ0) is 12.0. The van der Waals surface area contributed by atoms with E-state index in [4.69, 9.17) is 0 Å². The van der Waals surface area contributed by atoms with Gasteiger partial charge in [-0.15, -0.1) is 0 Å². The molecule has 1 heterocycles. The van der Waals surface area contributed by atoms with Crippen LogP contribution in [-0.2, 0) is 0 Å². The van der Waals surface area contributed by atoms with Crippen molar-refractivity contribution in [3.05, 3.63) is 43.4 Å². The molecule has 0 unspecified atom stereocenters. The monoisotopic (exact) mass is 283 g/mol. The molecule has 1 aromatic carbocycles. The highest BCUT2D eigenvalue weighted by atomic mass is 79.9. The lowest BCUT2D eigenvalue weighted by atomic mass is 10.1. The van der Waals surface area contributed by atoms with E-state index in [0.29, 0.717) is 15.6 Å². The van der Waals surface area contributed by atoms with Gasteiger partial charge in [0.25, 0.3) is 0 Å². The van der Waals surface area contributed by atoms with E-state index in [0.717, 1.165) is 11.3 Å². The van der Waals surface area contributed by atoms with Crippen LogP contribution >= 0.6 is 15.9 Å². The Balaban J connectivity index is 3.14. The summed E-state index contributed by atoms with van der Waals surface area (Å²) < 4.78 is 14.2. The number of pyridine rings is 1. The molecule has 0 amide bonds. The van der Waals surface area contributed by atoms with Crippen LogP contribution in [0.3, 0.4) is 0 Å². The zero-order valence-electron chi connectivity index (χ0n) is 9.24. The third kappa shape index (κ3) is 1.48. The number of aryl methyl sites for hydroxylation is 2. The van der Waals surface area contributed by atoms with Crippen molar-refractivity contribution in [1.29, 1.82) is 0 Å². The van der Waals surface area contributed by atoms with E-state index >= 15 is 0 Å². The Bertz CT molecular complexity index is 646. The summed E-state index contributed by atoms with van der Waals surface area (Å²) in [6.45, 7) is 5.36. The van der Waals surface area contributed by atoms with Crippen molar-refractivity contribution >= 4 is 26.8 Å². The van der Waals surface area contributed by atoms with E-state index in [1.54, 1.807) is 13.0 Å². The second-order valence-electron chi connectivity index (χ2n) is 3.94. The summed E-state index contributed by atoms with van der Waals surface area (Å²) in [5.41, 5.74) is 2.52. The van der Waals surface area contributed by atoms with Gasteiger partial charge in [-0.25, -0.2) is 4.39 Å². The van der Waals surface area contributed by atoms with E-state index in [1.807, 2.05) is 13.8 Å². The van der Waals surface area contributed by atoms with E-state index in [1.165, 1.54) is 0 Å². The number of hydrogen-bond donors (Lipinski definition) is 1. The molecule has 84 valence electrons. The standard InChI is InChI=1S/C12H11BrFNO/c1-5-4-8(13)10(14)9-11(5)15-7(3)6(2)12(9)16/h4H,1-3H3,(H,15,16). The summed E-state index contributed by atoms with van der Waals surface area (Å²) in [7, 11) is 0. The lowest BCUT2D eigenvalue weighted by molar-refractivity contribution is 0.632. The van der Waals surface area contributed by atoms with Crippen LogP contribution in [-0.4, -0.2) is 4.98 Å². The molecule has 0 radical (unpaired) electrons. The van der Waals surface area contributed by atoms with Gasteiger partial charge in [-0.1, -0.05) is 0 Å². The summed E-state index contributed by atoms with van der Waals surface area (Å²) in [4.78, 5) is 15.1. The maximum Gasteiger partial charge on any atom is 0.195 e. The molecule has 16 heavy (non-hydrogen) atoms. The van der Waals surface area contributed by atoms with Crippen molar-refractivity contribution in [2.24, 2.45) is 0 Å². The molecule has 0 bridgehead atoms. The van der Waals surface area contributed by atoms with Gasteiger partial charge in [-0.05, 0) is 48.3 Å². The minimum Gasteiger partial charge on any atom is -0.358 e. The average Bonchev–Trinajstić information content (AvgIpc) is 2.22. The molecule has 0 saturated carbocycles. The molecule has 1 aromatic heterocycles. The van der Waals surface area contributed by atoms with Crippen LogP contribution in [0.2, 0.25) is 0 Å². The first-order valence-corrected chi connectivity index (χ1v) is 5.70. The second-order valence-corrected chi connectivity index (χ2v) is 4.80. The third-order valence-corrected chi connectivity index (χ3v) is 3.44. The fourth-order valence-electron chi connectivity index (χ4n) is 1.77. The normalized spacial score (nSPS) is 11.1. The number of aromatic nitrogens is 1. The van der Waals surface area contributed by atoms with E-state index in [-0.39, 0.29) is 10.8 Å². The maximum atomic E-state index is 13.9. The fraction of sp³-hybridized carbons (Fsp3) is 0.250. The summed E-state index contributed by atoms with van der Waals surface area (Å²) >= 11 is 3.12. The van der Waals surface area contributed by atoms with E-state index < -0.39 is 5.82 Å². The Morgan fingerprint density at radius 2 is 1.94 bits per heavy atom. The molecule has 2 aromatic rings. The van der Waals surface area contributed by atoms with Crippen LogP contribution in [0.5, 0.6) is 0 Å². The Labute approximate surface area is 101 Å². The van der Waals surface area contributed by atoms with Gasteiger partial charge < -0.3 is 4.98 Å². The van der Waals surface area contributed by atoms with Crippen LogP contribution in [0.1, 0.15) is 16.8 Å². The summed E-state index contributed by atoms with van der Waals surface area (Å²) in [6.07, 6.45) is 0. The molecular formula is C12H11BrFNO. The molecule has 0 aliphatic carbocycles. The summed E-state index contributed by atoms with van der Waals surface area (Å²) in [6, 6.07) is 1.67. The lowest BCUT2D eigenvalue weighted by Crippen LogP contribution is -2.12. The van der Waals surface area contributed by atoms with Gasteiger partial charge in [0, 0.05) is 11.3 Å². The highest BCUT2D eigenvalue weighted by Crippen LogP contribution is 2.25. The Hall–Kier alpha value is -1.16. The number of nitrogens with one attached hydrogen (secondary N) is 1. The maximum absolute atomic E-state index is 13.9. The third-order valence-electron chi connectivity index (χ3n) is 2.86. The van der Waals surface area contributed by atoms with Crippen LogP contribution in [0.4, 0.5) is 4.39 Å². The van der Waals surface area contributed by atoms with Gasteiger partial charge in [-0.2, -0.15) is 0 Å². The van der Waals surface area contributed by atoms with Crippen LogP contribution in [0, 0.1) is 26.6 Å². The van der Waals surface area contributed by atoms with Crippen LogP contribution in [0.25, 0.3) is 10.9 Å².